The Morgan fingerprint density at radius 1 is 0.938 bits per heavy atom. The fourth-order valence-electron chi connectivity index (χ4n) is 3.79. The number of hydrogen-bond acceptors (Lipinski definition) is 4. The van der Waals surface area contributed by atoms with Gasteiger partial charge in [-0.1, -0.05) is 77.9 Å². The van der Waals surface area contributed by atoms with Crippen molar-refractivity contribution in [2.45, 2.75) is 19.9 Å². The van der Waals surface area contributed by atoms with Crippen molar-refractivity contribution in [3.63, 3.8) is 0 Å². The molecular weight excluding hydrogens is 398 g/mol. The zero-order valence-corrected chi connectivity index (χ0v) is 17.9. The van der Waals surface area contributed by atoms with E-state index in [0.717, 1.165) is 22.4 Å². The molecule has 2 N–H and O–H groups in total. The van der Waals surface area contributed by atoms with E-state index in [2.05, 4.69) is 70.1 Å². The fraction of sp³-hybridized carbons (Fsp3) is 0.115. The standard InChI is InChI=1S/C26H23N5O/c1-17-11-13-20(14-12-17)23-16-22(19-8-4-3-5-9-19)27-26-29-25(30-31(23)26)28-24(32)21-10-6-7-18(2)15-21/h3-16,23H,1-2H3,(H2,27,28,29,30,32)/t23-/m1/s1. The second kappa shape index (κ2) is 8.15. The number of nitrogens with one attached hydrogen (secondary N) is 2. The van der Waals surface area contributed by atoms with Crippen LogP contribution in [0.15, 0.2) is 84.9 Å². The normalized spacial score (nSPS) is 14.8. The van der Waals surface area contributed by atoms with Crippen LogP contribution >= 0.6 is 0 Å². The molecule has 1 aliphatic heterocycles. The van der Waals surface area contributed by atoms with Gasteiger partial charge in [0, 0.05) is 11.3 Å². The molecule has 5 rings (SSSR count). The molecule has 0 spiro atoms. The van der Waals surface area contributed by atoms with Gasteiger partial charge in [-0.3, -0.25) is 10.1 Å². The maximum Gasteiger partial charge on any atom is 0.258 e. The number of rotatable bonds is 4. The molecule has 0 aliphatic carbocycles. The van der Waals surface area contributed by atoms with E-state index in [1.165, 1.54) is 5.56 Å². The largest absolute Gasteiger partial charge is 0.324 e. The van der Waals surface area contributed by atoms with Gasteiger partial charge < -0.3 is 5.32 Å². The van der Waals surface area contributed by atoms with Gasteiger partial charge in [-0.05, 0) is 43.2 Å². The summed E-state index contributed by atoms with van der Waals surface area (Å²) >= 11 is 0. The molecule has 1 aromatic heterocycles. The lowest BCUT2D eigenvalue weighted by Gasteiger charge is -2.24. The molecule has 2 heterocycles. The smallest absolute Gasteiger partial charge is 0.258 e. The maximum atomic E-state index is 12.7. The summed E-state index contributed by atoms with van der Waals surface area (Å²) in [7, 11) is 0. The van der Waals surface area contributed by atoms with E-state index in [9.17, 15) is 4.79 Å². The van der Waals surface area contributed by atoms with Crippen molar-refractivity contribution in [1.82, 2.24) is 14.8 Å². The van der Waals surface area contributed by atoms with Crippen molar-refractivity contribution in [2.24, 2.45) is 0 Å². The summed E-state index contributed by atoms with van der Waals surface area (Å²) in [5.74, 6) is 0.607. The van der Waals surface area contributed by atoms with Gasteiger partial charge in [0.1, 0.15) is 6.04 Å². The van der Waals surface area contributed by atoms with E-state index in [0.29, 0.717) is 11.5 Å². The average molecular weight is 422 g/mol. The number of aromatic nitrogens is 3. The Hall–Kier alpha value is -4.19. The van der Waals surface area contributed by atoms with Crippen molar-refractivity contribution in [3.8, 4) is 0 Å². The van der Waals surface area contributed by atoms with Crippen LogP contribution in [0.4, 0.5) is 11.9 Å². The van der Waals surface area contributed by atoms with Gasteiger partial charge in [-0.2, -0.15) is 4.98 Å². The van der Waals surface area contributed by atoms with Crippen molar-refractivity contribution in [3.05, 3.63) is 113 Å². The first-order valence-corrected chi connectivity index (χ1v) is 10.5. The first-order valence-electron chi connectivity index (χ1n) is 10.5. The number of allylic oxidation sites excluding steroid dienone is 1. The number of hydrogen-bond donors (Lipinski definition) is 2. The molecule has 0 radical (unpaired) electrons. The Morgan fingerprint density at radius 2 is 1.72 bits per heavy atom. The number of carbonyl (C=O) groups excluding carboxylic acids is 1. The molecule has 6 nitrogen and oxygen atoms in total. The maximum absolute atomic E-state index is 12.7. The minimum absolute atomic E-state index is 0.154. The van der Waals surface area contributed by atoms with E-state index in [-0.39, 0.29) is 17.9 Å². The van der Waals surface area contributed by atoms with Crippen molar-refractivity contribution < 1.29 is 4.79 Å². The Kier molecular flexibility index (Phi) is 5.03. The third-order valence-corrected chi connectivity index (χ3v) is 5.48. The lowest BCUT2D eigenvalue weighted by molar-refractivity contribution is 0.102. The van der Waals surface area contributed by atoms with Crippen LogP contribution in [-0.4, -0.2) is 20.7 Å². The number of amides is 1. The number of benzene rings is 3. The van der Waals surface area contributed by atoms with Crippen LogP contribution in [0.2, 0.25) is 0 Å². The van der Waals surface area contributed by atoms with E-state index >= 15 is 0 Å². The van der Waals surface area contributed by atoms with Gasteiger partial charge in [0.15, 0.2) is 0 Å². The highest BCUT2D eigenvalue weighted by Gasteiger charge is 2.26. The number of fused-ring (bicyclic) bond motifs is 1. The Morgan fingerprint density at radius 3 is 2.47 bits per heavy atom. The third kappa shape index (κ3) is 3.90. The van der Waals surface area contributed by atoms with E-state index in [1.807, 2.05) is 48.0 Å². The minimum atomic E-state index is -0.236. The summed E-state index contributed by atoms with van der Waals surface area (Å²) in [6.45, 7) is 4.02. The predicted octanol–water partition coefficient (Wildman–Crippen LogP) is 5.20. The molecule has 0 saturated heterocycles. The molecule has 158 valence electrons. The lowest BCUT2D eigenvalue weighted by Crippen LogP contribution is -2.20. The third-order valence-electron chi connectivity index (χ3n) is 5.48. The summed E-state index contributed by atoms with van der Waals surface area (Å²) in [5, 5.41) is 10.8. The van der Waals surface area contributed by atoms with Crippen molar-refractivity contribution in [1.29, 1.82) is 0 Å². The van der Waals surface area contributed by atoms with Crippen LogP contribution in [0, 0.1) is 13.8 Å². The number of anilines is 2. The average Bonchev–Trinajstić information content (AvgIpc) is 3.22. The van der Waals surface area contributed by atoms with E-state index < -0.39 is 0 Å². The molecule has 3 aromatic carbocycles. The molecule has 1 atom stereocenters. The molecule has 4 aromatic rings. The molecule has 1 amide bonds. The number of aryl methyl sites for hydroxylation is 2. The minimum Gasteiger partial charge on any atom is -0.324 e. The first kappa shape index (κ1) is 19.8. The Balaban J connectivity index is 1.51. The molecule has 6 heteroatoms. The summed E-state index contributed by atoms with van der Waals surface area (Å²) in [6, 6.07) is 25.8. The molecule has 0 fully saturated rings. The zero-order chi connectivity index (χ0) is 22.1. The van der Waals surface area contributed by atoms with Gasteiger partial charge in [0.05, 0.1) is 0 Å². The number of carbonyl (C=O) groups is 1. The predicted molar refractivity (Wildman–Crippen MR) is 127 cm³/mol. The van der Waals surface area contributed by atoms with Crippen LogP contribution in [0.5, 0.6) is 0 Å². The molecule has 0 saturated carbocycles. The SMILES string of the molecule is Cc1ccc([C@H]2C=C(c3ccccc3)Nc3nc(NC(=O)c4cccc(C)c4)nn32)cc1. The summed E-state index contributed by atoms with van der Waals surface area (Å²) in [4.78, 5) is 17.3. The van der Waals surface area contributed by atoms with Crippen LogP contribution in [0.1, 0.15) is 38.7 Å². The van der Waals surface area contributed by atoms with Crippen LogP contribution in [0.25, 0.3) is 5.70 Å². The Labute approximate surface area is 186 Å². The highest BCUT2D eigenvalue weighted by atomic mass is 16.1. The molecule has 0 bridgehead atoms. The molecule has 0 unspecified atom stereocenters. The van der Waals surface area contributed by atoms with Crippen LogP contribution in [0.3, 0.4) is 0 Å². The topological polar surface area (TPSA) is 71.8 Å². The molecule has 32 heavy (non-hydrogen) atoms. The second-order valence-electron chi connectivity index (χ2n) is 7.95. The van der Waals surface area contributed by atoms with Crippen molar-refractivity contribution in [2.75, 3.05) is 10.6 Å². The monoisotopic (exact) mass is 421 g/mol. The van der Waals surface area contributed by atoms with E-state index in [4.69, 9.17) is 0 Å². The van der Waals surface area contributed by atoms with Gasteiger partial charge >= 0.3 is 0 Å². The zero-order valence-electron chi connectivity index (χ0n) is 17.9. The van der Waals surface area contributed by atoms with Crippen LogP contribution < -0.4 is 10.6 Å². The van der Waals surface area contributed by atoms with Gasteiger partial charge in [0.2, 0.25) is 5.95 Å². The second-order valence-corrected chi connectivity index (χ2v) is 7.95. The summed E-state index contributed by atoms with van der Waals surface area (Å²) in [6.07, 6.45) is 2.13. The van der Waals surface area contributed by atoms with Crippen LogP contribution in [-0.2, 0) is 0 Å². The highest BCUT2D eigenvalue weighted by Crippen LogP contribution is 2.33. The molecular formula is C26H23N5O. The van der Waals surface area contributed by atoms with Gasteiger partial charge in [-0.15, -0.1) is 5.10 Å². The number of nitrogens with zero attached hydrogens (tertiary/aromatic N) is 3. The first-order chi connectivity index (χ1) is 15.6. The summed E-state index contributed by atoms with van der Waals surface area (Å²) in [5.41, 5.74) is 5.89. The lowest BCUT2D eigenvalue weighted by atomic mass is 10.0. The fourth-order valence-corrected chi connectivity index (χ4v) is 3.79. The van der Waals surface area contributed by atoms with Crippen molar-refractivity contribution >= 4 is 23.5 Å². The van der Waals surface area contributed by atoms with E-state index in [1.54, 1.807) is 6.07 Å². The Bertz CT molecular complexity index is 1310. The highest BCUT2D eigenvalue weighted by molar-refractivity contribution is 6.03. The van der Waals surface area contributed by atoms with Gasteiger partial charge in [0.25, 0.3) is 11.9 Å². The summed E-state index contributed by atoms with van der Waals surface area (Å²) < 4.78 is 1.81. The van der Waals surface area contributed by atoms with Gasteiger partial charge in [-0.25, -0.2) is 4.68 Å². The quantitative estimate of drug-likeness (QED) is 0.475. The molecule has 1 aliphatic rings.